The summed E-state index contributed by atoms with van der Waals surface area (Å²) < 4.78 is 7.37. The van der Waals surface area contributed by atoms with Crippen molar-refractivity contribution in [3.05, 3.63) is 41.0 Å². The molecule has 10 heteroatoms. The molecule has 0 saturated carbocycles. The summed E-state index contributed by atoms with van der Waals surface area (Å²) in [5, 5.41) is 13.9. The van der Waals surface area contributed by atoms with Crippen LogP contribution < -0.4 is 5.73 Å². The summed E-state index contributed by atoms with van der Waals surface area (Å²) in [6.07, 6.45) is 0.714. The number of thioether (sulfide) groups is 1. The second kappa shape index (κ2) is 9.20. The van der Waals surface area contributed by atoms with E-state index in [0.29, 0.717) is 34.8 Å². The average molecular weight is 421 g/mol. The van der Waals surface area contributed by atoms with Gasteiger partial charge in [0, 0.05) is 30.0 Å². The van der Waals surface area contributed by atoms with E-state index in [-0.39, 0.29) is 12.3 Å². The lowest BCUT2D eigenvalue weighted by Gasteiger charge is -2.11. The Kier molecular flexibility index (Phi) is 6.69. The monoisotopic (exact) mass is 420 g/mol. The summed E-state index contributed by atoms with van der Waals surface area (Å²) in [5.74, 6) is 2.27. The van der Waals surface area contributed by atoms with Gasteiger partial charge in [0.25, 0.3) is 0 Å². The average Bonchev–Trinajstić information content (AvgIpc) is 3.26. The second-order valence-electron chi connectivity index (χ2n) is 6.68. The topological polar surface area (TPSA) is 113 Å². The van der Waals surface area contributed by atoms with E-state index >= 15 is 0 Å². The Hall–Kier alpha value is -2.39. The van der Waals surface area contributed by atoms with Gasteiger partial charge < -0.3 is 14.8 Å². The number of benzene rings is 1. The summed E-state index contributed by atoms with van der Waals surface area (Å²) in [6.45, 7) is 4.98. The molecule has 3 rings (SSSR count). The predicted octanol–water partition coefficient (Wildman–Crippen LogP) is 3.35. The first kappa shape index (κ1) is 20.3. The first-order valence-corrected chi connectivity index (χ1v) is 10.2. The molecule has 0 atom stereocenters. The maximum absolute atomic E-state index is 11.1. The SMILES string of the molecule is CC(C)Cn1c(CCC(N)=O)nnc1SCc1nc(-c2ccc(Cl)cc2)no1. The Morgan fingerprint density at radius 3 is 2.71 bits per heavy atom. The van der Waals surface area contributed by atoms with E-state index in [1.54, 1.807) is 12.1 Å². The molecule has 0 aliphatic heterocycles. The number of hydrogen-bond donors (Lipinski definition) is 1. The molecule has 0 aliphatic carbocycles. The summed E-state index contributed by atoms with van der Waals surface area (Å²) in [5.41, 5.74) is 6.09. The van der Waals surface area contributed by atoms with Gasteiger partial charge in [-0.2, -0.15) is 4.98 Å². The highest BCUT2D eigenvalue weighted by Crippen LogP contribution is 2.25. The second-order valence-corrected chi connectivity index (χ2v) is 8.06. The zero-order valence-corrected chi connectivity index (χ0v) is 17.2. The Morgan fingerprint density at radius 1 is 1.29 bits per heavy atom. The molecule has 0 saturated heterocycles. The van der Waals surface area contributed by atoms with Crippen LogP contribution in [0.15, 0.2) is 33.9 Å². The molecule has 28 heavy (non-hydrogen) atoms. The van der Waals surface area contributed by atoms with Crippen LogP contribution in [0.5, 0.6) is 0 Å². The van der Waals surface area contributed by atoms with Crippen LogP contribution >= 0.6 is 23.4 Å². The molecule has 0 aliphatic rings. The molecule has 0 fully saturated rings. The molecule has 2 aromatic heterocycles. The van der Waals surface area contributed by atoms with Gasteiger partial charge >= 0.3 is 0 Å². The highest BCUT2D eigenvalue weighted by Gasteiger charge is 2.16. The third-order valence-electron chi connectivity index (χ3n) is 3.83. The number of aryl methyl sites for hydroxylation is 1. The van der Waals surface area contributed by atoms with E-state index in [4.69, 9.17) is 21.9 Å². The zero-order valence-electron chi connectivity index (χ0n) is 15.6. The minimum absolute atomic E-state index is 0.245. The summed E-state index contributed by atoms with van der Waals surface area (Å²) in [7, 11) is 0. The van der Waals surface area contributed by atoms with Crippen molar-refractivity contribution in [3.8, 4) is 11.4 Å². The smallest absolute Gasteiger partial charge is 0.237 e. The number of carbonyl (C=O) groups is 1. The van der Waals surface area contributed by atoms with Gasteiger partial charge in [-0.15, -0.1) is 10.2 Å². The van der Waals surface area contributed by atoms with Gasteiger partial charge in [0.1, 0.15) is 5.82 Å². The quantitative estimate of drug-likeness (QED) is 0.528. The molecule has 3 aromatic rings. The van der Waals surface area contributed by atoms with Crippen LogP contribution in [0.1, 0.15) is 32.0 Å². The Bertz CT molecular complexity index is 938. The van der Waals surface area contributed by atoms with Crippen LogP contribution in [-0.2, 0) is 23.5 Å². The highest BCUT2D eigenvalue weighted by atomic mass is 35.5. The third kappa shape index (κ3) is 5.32. The molecular formula is C18H21ClN6O2S. The van der Waals surface area contributed by atoms with Crippen LogP contribution in [0.2, 0.25) is 5.02 Å². The summed E-state index contributed by atoms with van der Waals surface area (Å²) >= 11 is 7.37. The van der Waals surface area contributed by atoms with Crippen LogP contribution in [0.25, 0.3) is 11.4 Å². The van der Waals surface area contributed by atoms with Crippen molar-refractivity contribution >= 4 is 29.3 Å². The van der Waals surface area contributed by atoms with Gasteiger partial charge in [-0.25, -0.2) is 0 Å². The molecule has 0 unspecified atom stereocenters. The van der Waals surface area contributed by atoms with E-state index in [2.05, 4.69) is 34.2 Å². The standard InChI is InChI=1S/C18H21ClN6O2S/c1-11(2)9-25-15(8-7-14(20)26)22-23-18(25)28-10-16-21-17(24-27-16)12-3-5-13(19)6-4-12/h3-6,11H,7-10H2,1-2H3,(H2,20,26). The molecule has 1 amide bonds. The van der Waals surface area contributed by atoms with Gasteiger partial charge in [-0.05, 0) is 30.2 Å². The number of aromatic nitrogens is 5. The third-order valence-corrected chi connectivity index (χ3v) is 5.03. The summed E-state index contributed by atoms with van der Waals surface area (Å²) in [4.78, 5) is 15.5. The number of rotatable bonds is 9. The number of primary amides is 1. The van der Waals surface area contributed by atoms with Gasteiger partial charge in [-0.3, -0.25) is 4.79 Å². The lowest BCUT2D eigenvalue weighted by atomic mass is 10.2. The van der Waals surface area contributed by atoms with Crippen molar-refractivity contribution in [1.29, 1.82) is 0 Å². The van der Waals surface area contributed by atoms with Gasteiger partial charge in [0.05, 0.1) is 5.75 Å². The van der Waals surface area contributed by atoms with E-state index < -0.39 is 0 Å². The number of hydrogen-bond acceptors (Lipinski definition) is 7. The van der Waals surface area contributed by atoms with Gasteiger partial charge in [-0.1, -0.05) is 42.4 Å². The number of carbonyl (C=O) groups excluding carboxylic acids is 1. The molecule has 8 nitrogen and oxygen atoms in total. The van der Waals surface area contributed by atoms with Crippen molar-refractivity contribution in [1.82, 2.24) is 24.9 Å². The van der Waals surface area contributed by atoms with Crippen molar-refractivity contribution in [2.24, 2.45) is 11.7 Å². The van der Waals surface area contributed by atoms with E-state index in [0.717, 1.165) is 23.1 Å². The molecular weight excluding hydrogens is 400 g/mol. The zero-order chi connectivity index (χ0) is 20.1. The van der Waals surface area contributed by atoms with Crippen LogP contribution in [0, 0.1) is 5.92 Å². The molecule has 0 spiro atoms. The predicted molar refractivity (Wildman–Crippen MR) is 107 cm³/mol. The fourth-order valence-corrected chi connectivity index (χ4v) is 3.48. The fraction of sp³-hybridized carbons (Fsp3) is 0.389. The number of nitrogens with zero attached hydrogens (tertiary/aromatic N) is 5. The number of nitrogens with two attached hydrogens (primary N) is 1. The van der Waals surface area contributed by atoms with Crippen molar-refractivity contribution in [2.75, 3.05) is 0 Å². The Morgan fingerprint density at radius 2 is 2.04 bits per heavy atom. The lowest BCUT2D eigenvalue weighted by molar-refractivity contribution is -0.118. The van der Waals surface area contributed by atoms with E-state index in [1.165, 1.54) is 11.8 Å². The van der Waals surface area contributed by atoms with E-state index in [1.807, 2.05) is 16.7 Å². The van der Waals surface area contributed by atoms with Gasteiger partial charge in [0.2, 0.25) is 17.6 Å². The molecule has 2 N–H and O–H groups in total. The van der Waals surface area contributed by atoms with Gasteiger partial charge in [0.15, 0.2) is 5.16 Å². The van der Waals surface area contributed by atoms with Crippen LogP contribution in [0.4, 0.5) is 0 Å². The minimum Gasteiger partial charge on any atom is -0.370 e. The fourth-order valence-electron chi connectivity index (χ4n) is 2.55. The van der Waals surface area contributed by atoms with Crippen molar-refractivity contribution in [3.63, 3.8) is 0 Å². The Labute approximate surface area is 171 Å². The maximum atomic E-state index is 11.1. The molecule has 0 bridgehead atoms. The van der Waals surface area contributed by atoms with Crippen molar-refractivity contribution < 1.29 is 9.32 Å². The van der Waals surface area contributed by atoms with E-state index in [9.17, 15) is 4.79 Å². The lowest BCUT2D eigenvalue weighted by Crippen LogP contribution is -2.15. The Balaban J connectivity index is 1.70. The van der Waals surface area contributed by atoms with Crippen LogP contribution in [-0.4, -0.2) is 30.8 Å². The molecule has 2 heterocycles. The minimum atomic E-state index is -0.353. The number of halogens is 1. The number of amides is 1. The highest BCUT2D eigenvalue weighted by molar-refractivity contribution is 7.98. The van der Waals surface area contributed by atoms with Crippen LogP contribution in [0.3, 0.4) is 0 Å². The summed E-state index contributed by atoms with van der Waals surface area (Å²) in [6, 6.07) is 7.25. The normalized spacial score (nSPS) is 11.3. The molecule has 1 aromatic carbocycles. The molecule has 0 radical (unpaired) electrons. The first-order chi connectivity index (χ1) is 13.4. The first-order valence-electron chi connectivity index (χ1n) is 8.84. The maximum Gasteiger partial charge on any atom is 0.237 e. The largest absolute Gasteiger partial charge is 0.370 e. The van der Waals surface area contributed by atoms with Crippen molar-refractivity contribution in [2.45, 2.75) is 44.1 Å². The molecule has 148 valence electrons.